The Morgan fingerprint density at radius 1 is 1.44 bits per heavy atom. The summed E-state index contributed by atoms with van der Waals surface area (Å²) < 4.78 is 0. The van der Waals surface area contributed by atoms with Gasteiger partial charge in [-0.2, -0.15) is 0 Å². The van der Waals surface area contributed by atoms with Crippen molar-refractivity contribution in [1.82, 2.24) is 15.2 Å². The fourth-order valence-corrected chi connectivity index (χ4v) is 3.18. The van der Waals surface area contributed by atoms with Gasteiger partial charge in [0.2, 0.25) is 0 Å². The third-order valence-corrected chi connectivity index (χ3v) is 4.59. The first-order valence-electron chi connectivity index (χ1n) is 7.14. The van der Waals surface area contributed by atoms with E-state index in [1.165, 1.54) is 50.3 Å². The van der Waals surface area contributed by atoms with E-state index in [2.05, 4.69) is 34.4 Å². The quantitative estimate of drug-likeness (QED) is 0.859. The van der Waals surface area contributed by atoms with E-state index in [9.17, 15) is 0 Å². The normalized spacial score (nSPS) is 18.3. The molecule has 1 aliphatic rings. The molecule has 2 heterocycles. The lowest BCUT2D eigenvalue weighted by Crippen LogP contribution is -2.42. The van der Waals surface area contributed by atoms with Crippen molar-refractivity contribution in [2.75, 3.05) is 19.6 Å². The van der Waals surface area contributed by atoms with Crippen LogP contribution in [0.5, 0.6) is 0 Å². The molecule has 0 aliphatic carbocycles. The molecule has 1 fully saturated rings. The van der Waals surface area contributed by atoms with Crippen molar-refractivity contribution >= 4 is 11.3 Å². The Labute approximate surface area is 115 Å². The molecule has 0 atom stereocenters. The Kier molecular flexibility index (Phi) is 5.60. The number of thiazole rings is 1. The Morgan fingerprint density at radius 2 is 2.22 bits per heavy atom. The van der Waals surface area contributed by atoms with Crippen LogP contribution in [0, 0.1) is 6.92 Å². The van der Waals surface area contributed by atoms with Crippen LogP contribution in [0.1, 0.15) is 43.3 Å². The molecule has 4 heteroatoms. The molecule has 0 aromatic carbocycles. The Hall–Kier alpha value is -0.450. The van der Waals surface area contributed by atoms with Gasteiger partial charge in [0.05, 0.1) is 0 Å². The number of aromatic nitrogens is 1. The highest BCUT2D eigenvalue weighted by Crippen LogP contribution is 2.13. The number of nitrogens with zero attached hydrogens (tertiary/aromatic N) is 2. The van der Waals surface area contributed by atoms with Crippen molar-refractivity contribution in [2.45, 2.75) is 52.1 Å². The zero-order chi connectivity index (χ0) is 12.8. The van der Waals surface area contributed by atoms with Gasteiger partial charge in [0.1, 0.15) is 5.01 Å². The monoisotopic (exact) mass is 267 g/mol. The molecule has 0 spiro atoms. The van der Waals surface area contributed by atoms with Gasteiger partial charge in [0.25, 0.3) is 0 Å². The molecule has 18 heavy (non-hydrogen) atoms. The molecule has 0 saturated carbocycles. The number of hydrogen-bond acceptors (Lipinski definition) is 4. The SMILES string of the molecule is CCCCN1CCC(NCc2nc(C)cs2)CC1. The molecule has 1 aromatic rings. The van der Waals surface area contributed by atoms with Crippen molar-refractivity contribution in [1.29, 1.82) is 0 Å². The highest BCUT2D eigenvalue weighted by atomic mass is 32.1. The standard InChI is InChI=1S/C14H25N3S/c1-3-4-7-17-8-5-13(6-9-17)15-10-14-16-12(2)11-18-14/h11,13,15H,3-10H2,1-2H3. The first kappa shape index (κ1) is 14.0. The van der Waals surface area contributed by atoms with Crippen molar-refractivity contribution in [3.05, 3.63) is 16.1 Å². The molecular weight excluding hydrogens is 242 g/mol. The highest BCUT2D eigenvalue weighted by Gasteiger charge is 2.18. The summed E-state index contributed by atoms with van der Waals surface area (Å²) in [5.41, 5.74) is 1.14. The lowest BCUT2D eigenvalue weighted by molar-refractivity contribution is 0.195. The second-order valence-electron chi connectivity index (χ2n) is 5.23. The second-order valence-corrected chi connectivity index (χ2v) is 6.18. The van der Waals surface area contributed by atoms with E-state index < -0.39 is 0 Å². The minimum atomic E-state index is 0.687. The van der Waals surface area contributed by atoms with Crippen LogP contribution in [0.3, 0.4) is 0 Å². The number of unbranched alkanes of at least 4 members (excludes halogenated alkanes) is 1. The number of likely N-dealkylation sites (tertiary alicyclic amines) is 1. The van der Waals surface area contributed by atoms with E-state index in [0.29, 0.717) is 6.04 Å². The lowest BCUT2D eigenvalue weighted by atomic mass is 10.0. The summed E-state index contributed by atoms with van der Waals surface area (Å²) in [4.78, 5) is 7.10. The van der Waals surface area contributed by atoms with E-state index in [1.807, 2.05) is 0 Å². The first-order chi connectivity index (χ1) is 8.78. The summed E-state index contributed by atoms with van der Waals surface area (Å²) in [5.74, 6) is 0. The van der Waals surface area contributed by atoms with Crippen molar-refractivity contribution in [2.24, 2.45) is 0 Å². The van der Waals surface area contributed by atoms with Gasteiger partial charge in [-0.15, -0.1) is 11.3 Å². The first-order valence-corrected chi connectivity index (χ1v) is 8.02. The van der Waals surface area contributed by atoms with Gasteiger partial charge in [-0.25, -0.2) is 4.98 Å². The molecule has 1 aromatic heterocycles. The molecule has 0 unspecified atom stereocenters. The molecule has 0 amide bonds. The maximum atomic E-state index is 4.50. The molecule has 102 valence electrons. The average molecular weight is 267 g/mol. The van der Waals surface area contributed by atoms with E-state index in [-0.39, 0.29) is 0 Å². The summed E-state index contributed by atoms with van der Waals surface area (Å²) in [6.45, 7) is 9.08. The average Bonchev–Trinajstić information content (AvgIpc) is 2.81. The molecule has 1 aliphatic heterocycles. The van der Waals surface area contributed by atoms with E-state index in [0.717, 1.165) is 12.2 Å². The van der Waals surface area contributed by atoms with E-state index in [1.54, 1.807) is 11.3 Å². The van der Waals surface area contributed by atoms with Crippen molar-refractivity contribution in [3.63, 3.8) is 0 Å². The van der Waals surface area contributed by atoms with E-state index in [4.69, 9.17) is 0 Å². The highest BCUT2D eigenvalue weighted by molar-refractivity contribution is 7.09. The van der Waals surface area contributed by atoms with Gasteiger partial charge in [0, 0.05) is 23.7 Å². The van der Waals surface area contributed by atoms with Crippen LogP contribution in [0.15, 0.2) is 5.38 Å². The van der Waals surface area contributed by atoms with Gasteiger partial charge >= 0.3 is 0 Å². The van der Waals surface area contributed by atoms with Crippen LogP contribution in [0.25, 0.3) is 0 Å². The zero-order valence-corrected chi connectivity index (χ0v) is 12.4. The minimum Gasteiger partial charge on any atom is -0.308 e. The Balaban J connectivity index is 1.64. The summed E-state index contributed by atoms with van der Waals surface area (Å²) in [6.07, 6.45) is 5.22. The third-order valence-electron chi connectivity index (χ3n) is 3.62. The van der Waals surface area contributed by atoms with Crippen LogP contribution in [-0.2, 0) is 6.54 Å². The third kappa shape index (κ3) is 4.34. The van der Waals surface area contributed by atoms with Gasteiger partial charge < -0.3 is 10.2 Å². The molecule has 0 bridgehead atoms. The van der Waals surface area contributed by atoms with Crippen LogP contribution >= 0.6 is 11.3 Å². The van der Waals surface area contributed by atoms with Crippen LogP contribution in [0.4, 0.5) is 0 Å². The van der Waals surface area contributed by atoms with Crippen molar-refractivity contribution in [3.8, 4) is 0 Å². The molecule has 2 rings (SSSR count). The smallest absolute Gasteiger partial charge is 0.107 e. The Bertz CT molecular complexity index is 343. The van der Waals surface area contributed by atoms with E-state index >= 15 is 0 Å². The maximum absolute atomic E-state index is 4.50. The fraction of sp³-hybridized carbons (Fsp3) is 0.786. The van der Waals surface area contributed by atoms with Crippen LogP contribution in [-0.4, -0.2) is 35.6 Å². The minimum absolute atomic E-state index is 0.687. The molecule has 0 radical (unpaired) electrons. The predicted octanol–water partition coefficient (Wildman–Crippen LogP) is 2.81. The predicted molar refractivity (Wildman–Crippen MR) is 78.1 cm³/mol. The Morgan fingerprint density at radius 3 is 2.83 bits per heavy atom. The molecule has 1 N–H and O–H groups in total. The number of piperidine rings is 1. The van der Waals surface area contributed by atoms with Crippen molar-refractivity contribution < 1.29 is 0 Å². The largest absolute Gasteiger partial charge is 0.308 e. The number of nitrogens with one attached hydrogen (secondary N) is 1. The second kappa shape index (κ2) is 7.22. The lowest BCUT2D eigenvalue weighted by Gasteiger charge is -2.32. The summed E-state index contributed by atoms with van der Waals surface area (Å²) in [6, 6.07) is 0.687. The fourth-order valence-electron chi connectivity index (χ4n) is 2.46. The van der Waals surface area contributed by atoms with Gasteiger partial charge in [-0.1, -0.05) is 13.3 Å². The topological polar surface area (TPSA) is 28.2 Å². The number of hydrogen-bond donors (Lipinski definition) is 1. The summed E-state index contributed by atoms with van der Waals surface area (Å²) in [7, 11) is 0. The molecular formula is C14H25N3S. The number of rotatable bonds is 6. The molecule has 3 nitrogen and oxygen atoms in total. The van der Waals surface area contributed by atoms with Gasteiger partial charge in [-0.05, 0) is 45.8 Å². The maximum Gasteiger partial charge on any atom is 0.107 e. The van der Waals surface area contributed by atoms with Gasteiger partial charge in [0.15, 0.2) is 0 Å². The summed E-state index contributed by atoms with van der Waals surface area (Å²) >= 11 is 1.77. The number of aryl methyl sites for hydroxylation is 1. The van der Waals surface area contributed by atoms with Crippen LogP contribution < -0.4 is 5.32 Å². The zero-order valence-electron chi connectivity index (χ0n) is 11.6. The summed E-state index contributed by atoms with van der Waals surface area (Å²) in [5, 5.41) is 7.00. The van der Waals surface area contributed by atoms with Crippen LogP contribution in [0.2, 0.25) is 0 Å². The molecule has 1 saturated heterocycles. The van der Waals surface area contributed by atoms with Gasteiger partial charge in [-0.3, -0.25) is 0 Å².